The molecule has 3 N–H and O–H groups in total. The molecule has 144 valence electrons. The zero-order valence-electron chi connectivity index (χ0n) is 14.8. The third kappa shape index (κ3) is 3.01. The number of fused-ring (bicyclic) bond motifs is 5. The lowest BCUT2D eigenvalue weighted by Crippen LogP contribution is -2.42. The van der Waals surface area contributed by atoms with Crippen LogP contribution in [0.15, 0.2) is 12.2 Å². The Labute approximate surface area is 157 Å². The molecule has 2 fully saturated rings. The Morgan fingerprint density at radius 2 is 2.12 bits per heavy atom. The predicted molar refractivity (Wildman–Crippen MR) is 97.7 cm³/mol. The number of likely N-dealkylation sites (tertiary alicyclic amines) is 1. The first-order valence-electron chi connectivity index (χ1n) is 8.89. The molecular weight excluding hydrogens is 358 g/mol. The Bertz CT molecular complexity index is 642. The molecule has 0 aromatic rings. The average molecular weight is 384 g/mol. The predicted octanol–water partition coefficient (Wildman–Crippen LogP) is -0.838. The van der Waals surface area contributed by atoms with Gasteiger partial charge < -0.3 is 20.5 Å². The van der Waals surface area contributed by atoms with Crippen LogP contribution in [0.25, 0.3) is 0 Å². The molecule has 26 heavy (non-hydrogen) atoms. The molecule has 3 aliphatic heterocycles. The van der Waals surface area contributed by atoms with Gasteiger partial charge in [0.1, 0.15) is 11.4 Å². The van der Waals surface area contributed by atoms with Crippen molar-refractivity contribution < 1.29 is 23.9 Å². The Morgan fingerprint density at radius 3 is 2.81 bits per heavy atom. The summed E-state index contributed by atoms with van der Waals surface area (Å²) in [7, 11) is 0. The Balaban J connectivity index is 1.70. The van der Waals surface area contributed by atoms with Crippen LogP contribution in [0.3, 0.4) is 0 Å². The molecule has 0 radical (unpaired) electrons. The second-order valence-electron chi connectivity index (χ2n) is 7.06. The molecule has 0 aromatic carbocycles. The zero-order valence-corrected chi connectivity index (χ0v) is 15.8. The first kappa shape index (κ1) is 19.2. The minimum Gasteiger partial charge on any atom is -0.449 e. The number of nitrogens with one attached hydrogen (secondary N) is 1. The van der Waals surface area contributed by atoms with Gasteiger partial charge in [0.2, 0.25) is 11.8 Å². The van der Waals surface area contributed by atoms with Gasteiger partial charge in [0.15, 0.2) is 0 Å². The highest BCUT2D eigenvalue weighted by Gasteiger charge is 2.71. The van der Waals surface area contributed by atoms with Gasteiger partial charge in [-0.25, -0.2) is 4.79 Å². The molecule has 3 amide bonds. The smallest absolute Gasteiger partial charge is 0.407 e. The molecule has 3 rings (SSSR count). The highest BCUT2D eigenvalue weighted by molar-refractivity contribution is 7.58. The first-order chi connectivity index (χ1) is 12.4. The molecule has 3 heterocycles. The SMILES string of the molecule is CC12C=CC(CCOC(=O)NCCN)(O1)C1C(=O)N(CCC[SH2+])C(=O)C12. The topological polar surface area (TPSA) is 111 Å². The summed E-state index contributed by atoms with van der Waals surface area (Å²) in [5.74, 6) is -0.720. The van der Waals surface area contributed by atoms with Crippen molar-refractivity contribution in [2.45, 2.75) is 31.0 Å². The van der Waals surface area contributed by atoms with Crippen LogP contribution < -0.4 is 11.1 Å². The quantitative estimate of drug-likeness (QED) is 0.321. The highest BCUT2D eigenvalue weighted by atomic mass is 32.1. The van der Waals surface area contributed by atoms with Gasteiger partial charge in [0, 0.05) is 32.5 Å². The number of hydrogen-bond donors (Lipinski definition) is 2. The molecule has 0 spiro atoms. The summed E-state index contributed by atoms with van der Waals surface area (Å²) in [6.07, 6.45) is 4.19. The van der Waals surface area contributed by atoms with Crippen molar-refractivity contribution in [1.82, 2.24) is 10.2 Å². The maximum absolute atomic E-state index is 12.9. The van der Waals surface area contributed by atoms with E-state index in [0.29, 0.717) is 32.5 Å². The normalized spacial score (nSPS) is 34.5. The summed E-state index contributed by atoms with van der Waals surface area (Å²) in [5, 5.41) is 2.52. The second-order valence-corrected chi connectivity index (χ2v) is 7.56. The van der Waals surface area contributed by atoms with Crippen LogP contribution in [-0.4, -0.2) is 66.0 Å². The van der Waals surface area contributed by atoms with Crippen molar-refractivity contribution >= 4 is 30.5 Å². The minimum atomic E-state index is -0.900. The summed E-state index contributed by atoms with van der Waals surface area (Å²) in [6, 6.07) is 0. The maximum atomic E-state index is 12.9. The number of amides is 3. The van der Waals surface area contributed by atoms with E-state index in [-0.39, 0.29) is 18.4 Å². The monoisotopic (exact) mass is 384 g/mol. The number of hydrogen-bond acceptors (Lipinski definition) is 6. The van der Waals surface area contributed by atoms with Crippen molar-refractivity contribution in [3.8, 4) is 0 Å². The van der Waals surface area contributed by atoms with E-state index in [1.54, 1.807) is 0 Å². The number of nitrogens with zero attached hydrogens (tertiary/aromatic N) is 1. The minimum absolute atomic E-state index is 0.0859. The molecule has 0 aliphatic carbocycles. The number of rotatable bonds is 8. The van der Waals surface area contributed by atoms with Crippen LogP contribution in [0.2, 0.25) is 0 Å². The Morgan fingerprint density at radius 1 is 1.38 bits per heavy atom. The van der Waals surface area contributed by atoms with Crippen molar-refractivity contribution in [3.05, 3.63) is 12.2 Å². The van der Waals surface area contributed by atoms with Crippen molar-refractivity contribution in [1.29, 1.82) is 0 Å². The zero-order chi connectivity index (χ0) is 18.9. The van der Waals surface area contributed by atoms with Crippen LogP contribution in [0.5, 0.6) is 0 Å². The largest absolute Gasteiger partial charge is 0.449 e. The Kier molecular flexibility index (Phi) is 5.32. The molecule has 2 saturated heterocycles. The maximum Gasteiger partial charge on any atom is 0.407 e. The molecule has 8 nitrogen and oxygen atoms in total. The van der Waals surface area contributed by atoms with E-state index < -0.39 is 29.1 Å². The van der Waals surface area contributed by atoms with Gasteiger partial charge in [-0.1, -0.05) is 12.2 Å². The van der Waals surface area contributed by atoms with E-state index in [2.05, 4.69) is 17.9 Å². The lowest BCUT2D eigenvalue weighted by Gasteiger charge is -2.28. The fourth-order valence-electron chi connectivity index (χ4n) is 4.19. The van der Waals surface area contributed by atoms with Crippen LogP contribution in [0.4, 0.5) is 4.79 Å². The molecule has 9 heteroatoms. The third-order valence-electron chi connectivity index (χ3n) is 5.35. The molecule has 4 unspecified atom stereocenters. The van der Waals surface area contributed by atoms with Crippen molar-refractivity contribution in [2.24, 2.45) is 17.6 Å². The van der Waals surface area contributed by atoms with Crippen LogP contribution in [-0.2, 0) is 31.7 Å². The number of carbonyl (C=O) groups is 3. The summed E-state index contributed by atoms with van der Waals surface area (Å²) in [5.41, 5.74) is 3.64. The lowest BCUT2D eigenvalue weighted by molar-refractivity contribution is -0.147. The van der Waals surface area contributed by atoms with E-state index in [4.69, 9.17) is 15.2 Å². The van der Waals surface area contributed by atoms with Gasteiger partial charge in [-0.2, -0.15) is 0 Å². The molecule has 2 bridgehead atoms. The van der Waals surface area contributed by atoms with Gasteiger partial charge in [-0.05, 0) is 19.6 Å². The lowest BCUT2D eigenvalue weighted by atomic mass is 9.71. The van der Waals surface area contributed by atoms with Gasteiger partial charge in [-0.3, -0.25) is 14.5 Å². The molecule has 0 saturated carbocycles. The fraction of sp³-hybridized carbons (Fsp3) is 0.706. The number of nitrogens with two attached hydrogens (primary N) is 1. The standard InChI is InChI=1S/C17H25N3O5S/c1-16-3-4-17(25-16,5-9-24-15(23)19-7-6-18)12-11(16)13(21)20(14(12)22)8-2-10-26/h3-4,11-12,26H,2,5-10,18H2,1H3,(H,19,23)/p+1. The number of imide groups is 1. The summed E-state index contributed by atoms with van der Waals surface area (Å²) in [6.45, 7) is 2.98. The third-order valence-corrected chi connectivity index (χ3v) is 5.70. The highest BCUT2D eigenvalue weighted by Crippen LogP contribution is 2.58. The molecule has 0 aromatic heterocycles. The molecular formula is C17H26N3O5S+. The van der Waals surface area contributed by atoms with E-state index in [1.807, 2.05) is 19.1 Å². The van der Waals surface area contributed by atoms with Gasteiger partial charge in [-0.15, -0.1) is 0 Å². The Hall–Kier alpha value is -1.58. The fourth-order valence-corrected chi connectivity index (χ4v) is 4.35. The molecule has 3 aliphatic rings. The number of carbonyl (C=O) groups excluding carboxylic acids is 3. The number of ether oxygens (including phenoxy) is 2. The summed E-state index contributed by atoms with van der Waals surface area (Å²) in [4.78, 5) is 38.7. The first-order valence-corrected chi connectivity index (χ1v) is 9.60. The van der Waals surface area contributed by atoms with Crippen molar-refractivity contribution in [2.75, 3.05) is 32.0 Å². The van der Waals surface area contributed by atoms with E-state index in [1.165, 1.54) is 4.90 Å². The average Bonchev–Trinajstić information content (AvgIpc) is 3.17. The summed E-state index contributed by atoms with van der Waals surface area (Å²) < 4.78 is 11.3. The van der Waals surface area contributed by atoms with Crippen LogP contribution in [0.1, 0.15) is 19.8 Å². The number of alkyl carbamates (subject to hydrolysis) is 1. The van der Waals surface area contributed by atoms with Gasteiger partial charge in [0.25, 0.3) is 0 Å². The van der Waals surface area contributed by atoms with Gasteiger partial charge in [0.05, 0.1) is 24.0 Å². The second kappa shape index (κ2) is 7.21. The molecule has 4 atom stereocenters. The van der Waals surface area contributed by atoms with Crippen LogP contribution in [0, 0.1) is 11.8 Å². The van der Waals surface area contributed by atoms with Crippen LogP contribution >= 0.6 is 0 Å². The van der Waals surface area contributed by atoms with Crippen molar-refractivity contribution in [3.63, 3.8) is 0 Å². The van der Waals surface area contributed by atoms with E-state index in [9.17, 15) is 14.4 Å². The van der Waals surface area contributed by atoms with Gasteiger partial charge >= 0.3 is 6.09 Å². The van der Waals surface area contributed by atoms with E-state index in [0.717, 1.165) is 5.75 Å². The summed E-state index contributed by atoms with van der Waals surface area (Å²) >= 11 is 3.38. The van der Waals surface area contributed by atoms with E-state index >= 15 is 0 Å².